The Bertz CT molecular complexity index is 1370. The number of hydrogen-bond acceptors (Lipinski definition) is 3. The molecule has 1 aromatic heterocycles. The largest absolute Gasteiger partial charge is 0.345 e. The van der Waals surface area contributed by atoms with E-state index in [1.807, 2.05) is 60.8 Å². The molecule has 0 saturated carbocycles. The van der Waals surface area contributed by atoms with Gasteiger partial charge in [-0.05, 0) is 61.2 Å². The first-order valence-corrected chi connectivity index (χ1v) is 12.5. The highest BCUT2D eigenvalue weighted by atomic mass is 35.5. The van der Waals surface area contributed by atoms with E-state index in [0.717, 1.165) is 29.9 Å². The molecule has 182 valence electrons. The van der Waals surface area contributed by atoms with E-state index in [-0.39, 0.29) is 18.2 Å². The SMILES string of the molecule is O=C(CC(NC(=O)c1ccccc1Cl)c1ccccc1)Nc1ccc(-c2ncc3n2CCCC3)cc1. The fraction of sp³-hybridized carbons (Fsp3) is 0.207. The average molecular weight is 499 g/mol. The monoisotopic (exact) mass is 498 g/mol. The second kappa shape index (κ2) is 10.8. The van der Waals surface area contributed by atoms with Gasteiger partial charge in [-0.15, -0.1) is 0 Å². The molecule has 36 heavy (non-hydrogen) atoms. The van der Waals surface area contributed by atoms with E-state index in [1.54, 1.807) is 24.3 Å². The number of benzene rings is 3. The Hall–Kier alpha value is -3.90. The number of aryl methyl sites for hydroxylation is 1. The van der Waals surface area contributed by atoms with Gasteiger partial charge >= 0.3 is 0 Å². The standard InChI is InChI=1S/C29H27ClN4O2/c30-25-12-5-4-11-24(25)29(36)33-26(20-8-2-1-3-9-20)18-27(35)32-22-15-13-21(14-16-22)28-31-19-23-10-6-7-17-34(23)28/h1-5,8-9,11-16,19,26H,6-7,10,17-18H2,(H,32,35)(H,33,36). The Morgan fingerprint density at radius 1 is 0.944 bits per heavy atom. The molecule has 1 aliphatic heterocycles. The molecule has 0 saturated heterocycles. The van der Waals surface area contributed by atoms with Crippen molar-refractivity contribution in [2.45, 2.75) is 38.3 Å². The first-order chi connectivity index (χ1) is 17.6. The van der Waals surface area contributed by atoms with Crippen LogP contribution in [0.5, 0.6) is 0 Å². The third-order valence-electron chi connectivity index (χ3n) is 6.44. The van der Waals surface area contributed by atoms with Crippen LogP contribution in [0.2, 0.25) is 5.02 Å². The van der Waals surface area contributed by atoms with Gasteiger partial charge in [0.25, 0.3) is 5.91 Å². The van der Waals surface area contributed by atoms with Crippen molar-refractivity contribution in [3.8, 4) is 11.4 Å². The lowest BCUT2D eigenvalue weighted by molar-refractivity contribution is -0.116. The van der Waals surface area contributed by atoms with Gasteiger partial charge in [-0.1, -0.05) is 54.1 Å². The van der Waals surface area contributed by atoms with Gasteiger partial charge in [0, 0.05) is 29.7 Å². The molecule has 5 rings (SSSR count). The van der Waals surface area contributed by atoms with Gasteiger partial charge in [-0.3, -0.25) is 9.59 Å². The summed E-state index contributed by atoms with van der Waals surface area (Å²) in [5.74, 6) is 0.442. The third-order valence-corrected chi connectivity index (χ3v) is 6.77. The Kier molecular flexibility index (Phi) is 7.14. The molecule has 2 amide bonds. The van der Waals surface area contributed by atoms with Crippen molar-refractivity contribution in [1.29, 1.82) is 0 Å². The van der Waals surface area contributed by atoms with Crippen LogP contribution >= 0.6 is 11.6 Å². The zero-order chi connectivity index (χ0) is 24.9. The van der Waals surface area contributed by atoms with E-state index < -0.39 is 6.04 Å². The Labute approximate surface area is 215 Å². The number of carbonyl (C=O) groups is 2. The van der Waals surface area contributed by atoms with Crippen molar-refractivity contribution in [3.05, 3.63) is 107 Å². The number of anilines is 1. The highest BCUT2D eigenvalue weighted by Crippen LogP contribution is 2.26. The summed E-state index contributed by atoms with van der Waals surface area (Å²) < 4.78 is 2.28. The van der Waals surface area contributed by atoms with E-state index in [2.05, 4.69) is 20.2 Å². The van der Waals surface area contributed by atoms with E-state index in [9.17, 15) is 9.59 Å². The number of nitrogens with zero attached hydrogens (tertiary/aromatic N) is 2. The molecule has 2 N–H and O–H groups in total. The van der Waals surface area contributed by atoms with Crippen molar-refractivity contribution >= 4 is 29.1 Å². The predicted molar refractivity (Wildman–Crippen MR) is 142 cm³/mol. The number of carbonyl (C=O) groups excluding carboxylic acids is 2. The second-order valence-corrected chi connectivity index (χ2v) is 9.34. The molecule has 0 aliphatic carbocycles. The smallest absolute Gasteiger partial charge is 0.253 e. The number of amides is 2. The van der Waals surface area contributed by atoms with Crippen LogP contribution in [0.3, 0.4) is 0 Å². The van der Waals surface area contributed by atoms with Crippen molar-refractivity contribution in [1.82, 2.24) is 14.9 Å². The highest BCUT2D eigenvalue weighted by molar-refractivity contribution is 6.33. The van der Waals surface area contributed by atoms with E-state index in [4.69, 9.17) is 11.6 Å². The van der Waals surface area contributed by atoms with Crippen LogP contribution in [-0.2, 0) is 17.8 Å². The highest BCUT2D eigenvalue weighted by Gasteiger charge is 2.21. The third kappa shape index (κ3) is 5.34. The number of imidazole rings is 1. The first kappa shape index (κ1) is 23.8. The maximum atomic E-state index is 13.0. The molecule has 7 heteroatoms. The molecule has 1 atom stereocenters. The number of nitrogens with one attached hydrogen (secondary N) is 2. The topological polar surface area (TPSA) is 76.0 Å². The van der Waals surface area contributed by atoms with Gasteiger partial charge < -0.3 is 15.2 Å². The summed E-state index contributed by atoms with van der Waals surface area (Å²) in [6.45, 7) is 0.990. The van der Waals surface area contributed by atoms with Gasteiger partial charge in [-0.2, -0.15) is 0 Å². The van der Waals surface area contributed by atoms with Crippen molar-refractivity contribution in [2.24, 2.45) is 0 Å². The fourth-order valence-corrected chi connectivity index (χ4v) is 4.81. The minimum atomic E-state index is -0.509. The Morgan fingerprint density at radius 2 is 1.69 bits per heavy atom. The zero-order valence-corrected chi connectivity index (χ0v) is 20.5. The molecule has 0 bridgehead atoms. The molecule has 0 radical (unpaired) electrons. The summed E-state index contributed by atoms with van der Waals surface area (Å²) in [5, 5.41) is 6.29. The second-order valence-electron chi connectivity index (χ2n) is 8.93. The minimum Gasteiger partial charge on any atom is -0.345 e. The number of aromatic nitrogens is 2. The Morgan fingerprint density at radius 3 is 2.47 bits per heavy atom. The normalized spacial score (nSPS) is 13.5. The summed E-state index contributed by atoms with van der Waals surface area (Å²) in [7, 11) is 0. The molecule has 0 spiro atoms. The summed E-state index contributed by atoms with van der Waals surface area (Å²) in [6.07, 6.45) is 5.48. The van der Waals surface area contributed by atoms with Crippen LogP contribution in [-0.4, -0.2) is 21.4 Å². The average Bonchev–Trinajstić information content (AvgIpc) is 3.34. The lowest BCUT2D eigenvalue weighted by Gasteiger charge is -2.20. The molecule has 2 heterocycles. The zero-order valence-electron chi connectivity index (χ0n) is 19.8. The van der Waals surface area contributed by atoms with Gasteiger partial charge in [0.05, 0.1) is 23.0 Å². The van der Waals surface area contributed by atoms with Crippen LogP contribution in [0.15, 0.2) is 85.1 Å². The van der Waals surface area contributed by atoms with Gasteiger partial charge in [0.2, 0.25) is 5.91 Å². The van der Waals surface area contributed by atoms with Crippen molar-refractivity contribution in [3.63, 3.8) is 0 Å². The summed E-state index contributed by atoms with van der Waals surface area (Å²) in [6, 6.07) is 23.5. The van der Waals surface area contributed by atoms with Crippen molar-refractivity contribution < 1.29 is 9.59 Å². The van der Waals surface area contributed by atoms with Crippen LogP contribution in [0.25, 0.3) is 11.4 Å². The van der Waals surface area contributed by atoms with Crippen LogP contribution < -0.4 is 10.6 Å². The van der Waals surface area contributed by atoms with E-state index >= 15 is 0 Å². The maximum absolute atomic E-state index is 13.0. The predicted octanol–water partition coefficient (Wildman–Crippen LogP) is 6.04. The van der Waals surface area contributed by atoms with Crippen LogP contribution in [0.1, 0.15) is 46.9 Å². The number of halogens is 1. The molecule has 0 fully saturated rings. The first-order valence-electron chi connectivity index (χ1n) is 12.1. The van der Waals surface area contributed by atoms with Crippen LogP contribution in [0.4, 0.5) is 5.69 Å². The number of fused-ring (bicyclic) bond motifs is 1. The lowest BCUT2D eigenvalue weighted by atomic mass is 10.0. The number of rotatable bonds is 7. The molecular formula is C29H27ClN4O2. The summed E-state index contributed by atoms with van der Waals surface area (Å²) >= 11 is 6.20. The minimum absolute atomic E-state index is 0.0791. The van der Waals surface area contributed by atoms with Gasteiger partial charge in [0.1, 0.15) is 5.82 Å². The maximum Gasteiger partial charge on any atom is 0.253 e. The number of hydrogen-bond donors (Lipinski definition) is 2. The van der Waals surface area contributed by atoms with Gasteiger partial charge in [0.15, 0.2) is 0 Å². The molecule has 6 nitrogen and oxygen atoms in total. The Balaban J connectivity index is 1.28. The molecule has 3 aromatic carbocycles. The van der Waals surface area contributed by atoms with E-state index in [1.165, 1.54) is 18.5 Å². The quantitative estimate of drug-likeness (QED) is 0.326. The van der Waals surface area contributed by atoms with Crippen molar-refractivity contribution in [2.75, 3.05) is 5.32 Å². The molecule has 4 aromatic rings. The molecular weight excluding hydrogens is 472 g/mol. The fourth-order valence-electron chi connectivity index (χ4n) is 4.59. The molecule has 1 unspecified atom stereocenters. The lowest BCUT2D eigenvalue weighted by Crippen LogP contribution is -2.31. The van der Waals surface area contributed by atoms with Gasteiger partial charge in [-0.25, -0.2) is 4.98 Å². The van der Waals surface area contributed by atoms with E-state index in [0.29, 0.717) is 16.3 Å². The summed E-state index contributed by atoms with van der Waals surface area (Å²) in [4.78, 5) is 30.5. The van der Waals surface area contributed by atoms with Crippen LogP contribution in [0, 0.1) is 0 Å². The molecule has 1 aliphatic rings. The summed E-state index contributed by atoms with van der Waals surface area (Å²) in [5.41, 5.74) is 4.21.